The Labute approximate surface area is 111 Å². The average Bonchev–Trinajstić information content (AvgIpc) is 3.10. The van der Waals surface area contributed by atoms with Crippen LogP contribution in [0.4, 0.5) is 5.69 Å². The second kappa shape index (κ2) is 5.48. The van der Waals surface area contributed by atoms with E-state index in [4.69, 9.17) is 9.84 Å². The lowest BCUT2D eigenvalue weighted by atomic mass is 10.3. The number of sulfonamides is 1. The van der Waals surface area contributed by atoms with E-state index in [9.17, 15) is 13.2 Å². The van der Waals surface area contributed by atoms with Gasteiger partial charge in [-0.15, -0.1) is 0 Å². The molecule has 0 heterocycles. The van der Waals surface area contributed by atoms with E-state index in [1.165, 1.54) is 6.07 Å². The normalized spacial score (nSPS) is 14.9. The summed E-state index contributed by atoms with van der Waals surface area (Å²) in [7, 11) is -3.41. The molecule has 1 aromatic carbocycles. The van der Waals surface area contributed by atoms with Gasteiger partial charge in [-0.05, 0) is 30.9 Å². The van der Waals surface area contributed by atoms with Crippen molar-refractivity contribution in [1.82, 2.24) is 0 Å². The molecule has 0 bridgehead atoms. The van der Waals surface area contributed by atoms with Gasteiger partial charge in [-0.25, -0.2) is 13.2 Å². The first-order chi connectivity index (χ1) is 8.96. The lowest BCUT2D eigenvalue weighted by Gasteiger charge is -2.12. The number of carboxylic acid groups (broad SMARTS) is 1. The Bertz CT molecular complexity index is 565. The van der Waals surface area contributed by atoms with Crippen molar-refractivity contribution < 1.29 is 23.1 Å². The van der Waals surface area contributed by atoms with Crippen LogP contribution in [0.3, 0.4) is 0 Å². The van der Waals surface area contributed by atoms with Crippen molar-refractivity contribution in [3.63, 3.8) is 0 Å². The molecule has 1 saturated carbocycles. The third kappa shape index (κ3) is 4.44. The summed E-state index contributed by atoms with van der Waals surface area (Å²) in [6.45, 7) is -0.513. The molecule has 6 nitrogen and oxygen atoms in total. The largest absolute Gasteiger partial charge is 0.480 e. The summed E-state index contributed by atoms with van der Waals surface area (Å²) < 4.78 is 31.2. The first kappa shape index (κ1) is 13.7. The number of hydrogen-bond acceptors (Lipinski definition) is 4. The highest BCUT2D eigenvalue weighted by molar-refractivity contribution is 7.92. The third-order valence-electron chi connectivity index (χ3n) is 2.66. The highest BCUT2D eigenvalue weighted by Crippen LogP contribution is 2.32. The summed E-state index contributed by atoms with van der Waals surface area (Å²) >= 11 is 0. The average molecular weight is 285 g/mol. The van der Waals surface area contributed by atoms with Crippen LogP contribution in [-0.2, 0) is 14.8 Å². The number of nitrogens with one attached hydrogen (secondary N) is 1. The van der Waals surface area contributed by atoms with Crippen LogP contribution in [0.5, 0.6) is 5.75 Å². The van der Waals surface area contributed by atoms with Crippen molar-refractivity contribution in [2.24, 2.45) is 5.92 Å². The first-order valence-electron chi connectivity index (χ1n) is 5.90. The van der Waals surface area contributed by atoms with Crippen molar-refractivity contribution >= 4 is 21.7 Å². The second-order valence-corrected chi connectivity index (χ2v) is 6.27. The Hall–Kier alpha value is -1.76. The van der Waals surface area contributed by atoms with Gasteiger partial charge in [0, 0.05) is 0 Å². The highest BCUT2D eigenvalue weighted by Gasteiger charge is 2.28. The van der Waals surface area contributed by atoms with Crippen molar-refractivity contribution in [2.75, 3.05) is 17.1 Å². The molecule has 0 unspecified atom stereocenters. The van der Waals surface area contributed by atoms with Gasteiger partial charge in [0.15, 0.2) is 6.61 Å². The van der Waals surface area contributed by atoms with Crippen molar-refractivity contribution in [3.8, 4) is 5.75 Å². The molecule has 0 aliphatic heterocycles. The van der Waals surface area contributed by atoms with Crippen molar-refractivity contribution in [2.45, 2.75) is 12.8 Å². The summed E-state index contributed by atoms with van der Waals surface area (Å²) in [6, 6.07) is 6.37. The topological polar surface area (TPSA) is 92.7 Å². The number of rotatable bonds is 7. The van der Waals surface area contributed by atoms with Gasteiger partial charge in [-0.1, -0.05) is 12.1 Å². The second-order valence-electron chi connectivity index (χ2n) is 4.51. The molecule has 1 aliphatic carbocycles. The van der Waals surface area contributed by atoms with E-state index in [1.54, 1.807) is 18.2 Å². The molecule has 2 N–H and O–H groups in total. The van der Waals surface area contributed by atoms with E-state index < -0.39 is 22.6 Å². The molecule has 1 aliphatic rings. The zero-order chi connectivity index (χ0) is 13.9. The SMILES string of the molecule is O=C(O)COc1ccccc1NS(=O)(=O)CC1CC1. The predicted octanol–water partition coefficient (Wildman–Crippen LogP) is 1.30. The molecular weight excluding hydrogens is 270 g/mol. The molecule has 7 heteroatoms. The van der Waals surface area contributed by atoms with Gasteiger partial charge in [0.2, 0.25) is 10.0 Å². The quantitative estimate of drug-likeness (QED) is 0.787. The van der Waals surface area contributed by atoms with Gasteiger partial charge in [0.25, 0.3) is 0 Å². The smallest absolute Gasteiger partial charge is 0.341 e. The number of benzene rings is 1. The van der Waals surface area contributed by atoms with Crippen LogP contribution in [0.1, 0.15) is 12.8 Å². The van der Waals surface area contributed by atoms with Crippen molar-refractivity contribution in [1.29, 1.82) is 0 Å². The minimum absolute atomic E-state index is 0.0975. The van der Waals surface area contributed by atoms with Crippen LogP contribution >= 0.6 is 0 Å². The number of carbonyl (C=O) groups is 1. The maximum absolute atomic E-state index is 11.9. The van der Waals surface area contributed by atoms with E-state index in [0.717, 1.165) is 12.8 Å². The Morgan fingerprint density at radius 2 is 2.05 bits per heavy atom. The molecule has 0 atom stereocenters. The molecular formula is C12H15NO5S. The summed E-state index contributed by atoms with van der Waals surface area (Å²) in [4.78, 5) is 10.5. The predicted molar refractivity (Wildman–Crippen MR) is 69.7 cm³/mol. The third-order valence-corrected chi connectivity index (χ3v) is 4.10. The molecule has 0 saturated heterocycles. The first-order valence-corrected chi connectivity index (χ1v) is 7.55. The maximum atomic E-state index is 11.9. The molecule has 1 fully saturated rings. The highest BCUT2D eigenvalue weighted by atomic mass is 32.2. The fourth-order valence-electron chi connectivity index (χ4n) is 1.62. The molecule has 1 aromatic rings. The van der Waals surface area contributed by atoms with Gasteiger partial charge < -0.3 is 9.84 Å². The zero-order valence-corrected chi connectivity index (χ0v) is 11.0. The fraction of sp³-hybridized carbons (Fsp3) is 0.417. The molecule has 0 amide bonds. The number of anilines is 1. The van der Waals surface area contributed by atoms with Gasteiger partial charge in [-0.2, -0.15) is 0 Å². The van der Waals surface area contributed by atoms with Crippen LogP contribution in [0, 0.1) is 5.92 Å². The summed E-state index contributed by atoms with van der Waals surface area (Å²) in [5.74, 6) is -0.565. The monoisotopic (exact) mass is 285 g/mol. The van der Waals surface area contributed by atoms with E-state index in [-0.39, 0.29) is 23.1 Å². The molecule has 2 rings (SSSR count). The molecule has 0 aromatic heterocycles. The number of aliphatic carboxylic acids is 1. The number of carboxylic acids is 1. The van der Waals surface area contributed by atoms with Gasteiger partial charge in [-0.3, -0.25) is 4.72 Å². The Morgan fingerprint density at radius 1 is 1.37 bits per heavy atom. The fourth-order valence-corrected chi connectivity index (χ4v) is 3.16. The Balaban J connectivity index is 2.08. The Morgan fingerprint density at radius 3 is 2.68 bits per heavy atom. The number of hydrogen-bond donors (Lipinski definition) is 2. The van der Waals surface area contributed by atoms with Gasteiger partial charge in [0.1, 0.15) is 5.75 Å². The zero-order valence-electron chi connectivity index (χ0n) is 10.2. The van der Waals surface area contributed by atoms with E-state index >= 15 is 0 Å². The summed E-state index contributed by atoms with van der Waals surface area (Å²) in [5.41, 5.74) is 0.268. The molecule has 0 spiro atoms. The molecule has 104 valence electrons. The molecule has 19 heavy (non-hydrogen) atoms. The minimum atomic E-state index is -3.41. The van der Waals surface area contributed by atoms with Gasteiger partial charge >= 0.3 is 5.97 Å². The van der Waals surface area contributed by atoms with Crippen LogP contribution < -0.4 is 9.46 Å². The van der Waals surface area contributed by atoms with E-state index in [1.807, 2.05) is 0 Å². The number of para-hydroxylation sites is 2. The van der Waals surface area contributed by atoms with Crippen LogP contribution in [0.2, 0.25) is 0 Å². The standard InChI is InChI=1S/C12H15NO5S/c14-12(15)7-18-11-4-2-1-3-10(11)13-19(16,17)8-9-5-6-9/h1-4,9,13H,5-8H2,(H,14,15). The Kier molecular flexibility index (Phi) is 3.94. The number of ether oxygens (including phenoxy) is 1. The minimum Gasteiger partial charge on any atom is -0.480 e. The lowest BCUT2D eigenvalue weighted by Crippen LogP contribution is -2.19. The van der Waals surface area contributed by atoms with E-state index in [2.05, 4.69) is 4.72 Å². The van der Waals surface area contributed by atoms with Gasteiger partial charge in [0.05, 0.1) is 11.4 Å². The lowest BCUT2D eigenvalue weighted by molar-refractivity contribution is -0.139. The van der Waals surface area contributed by atoms with E-state index in [0.29, 0.717) is 0 Å². The molecule has 0 radical (unpaired) electrons. The summed E-state index contributed by atoms with van der Waals surface area (Å²) in [5, 5.41) is 8.56. The maximum Gasteiger partial charge on any atom is 0.341 e. The van der Waals surface area contributed by atoms with Crippen LogP contribution in [-0.4, -0.2) is 31.9 Å². The van der Waals surface area contributed by atoms with Crippen LogP contribution in [0.15, 0.2) is 24.3 Å². The van der Waals surface area contributed by atoms with Crippen LogP contribution in [0.25, 0.3) is 0 Å². The van der Waals surface area contributed by atoms with Crippen molar-refractivity contribution in [3.05, 3.63) is 24.3 Å². The summed E-state index contributed by atoms with van der Waals surface area (Å²) in [6.07, 6.45) is 1.89.